The van der Waals surface area contributed by atoms with Crippen LogP contribution in [0.5, 0.6) is 0 Å². The van der Waals surface area contributed by atoms with E-state index < -0.39 is 11.7 Å². The first-order valence-corrected chi connectivity index (χ1v) is 8.96. The lowest BCUT2D eigenvalue weighted by Gasteiger charge is -2.31. The molecule has 0 atom stereocenters. The van der Waals surface area contributed by atoms with Crippen LogP contribution in [0.2, 0.25) is 5.02 Å². The number of aryl methyl sites for hydroxylation is 1. The second kappa shape index (κ2) is 7.46. The number of amides is 2. The van der Waals surface area contributed by atoms with Gasteiger partial charge in [0.15, 0.2) is 0 Å². The molecule has 1 aliphatic rings. The average molecular weight is 375 g/mol. The zero-order chi connectivity index (χ0) is 18.8. The van der Waals surface area contributed by atoms with Gasteiger partial charge in [-0.2, -0.15) is 0 Å². The molecule has 0 bridgehead atoms. The van der Waals surface area contributed by atoms with Crippen LogP contribution in [-0.2, 0) is 11.2 Å². The molecule has 2 amide bonds. The Hall–Kier alpha value is -2.40. The molecule has 0 aliphatic carbocycles. The Labute approximate surface area is 157 Å². The largest absolute Gasteiger partial charge is 0.322 e. The lowest BCUT2D eigenvalue weighted by Crippen LogP contribution is -2.38. The Balaban J connectivity index is 1.85. The Morgan fingerprint density at radius 1 is 1.23 bits per heavy atom. The van der Waals surface area contributed by atoms with Gasteiger partial charge in [-0.15, -0.1) is 0 Å². The lowest BCUT2D eigenvalue weighted by molar-refractivity contribution is -0.121. The molecule has 0 fully saturated rings. The first-order valence-electron chi connectivity index (χ1n) is 8.58. The standard InChI is InChI=1S/C20H20ClFN2O2/c1-12(2)20(26)24-10-4-5-13-11-14(8-9-17(13)24)23-19(25)18-15(21)6-3-7-16(18)22/h3,6-9,11-12H,4-5,10H2,1-2H3,(H,23,25). The van der Waals surface area contributed by atoms with Gasteiger partial charge in [-0.05, 0) is 48.7 Å². The van der Waals surface area contributed by atoms with Crippen molar-refractivity contribution in [2.45, 2.75) is 26.7 Å². The van der Waals surface area contributed by atoms with E-state index in [-0.39, 0.29) is 22.4 Å². The summed E-state index contributed by atoms with van der Waals surface area (Å²) in [5, 5.41) is 2.75. The van der Waals surface area contributed by atoms with E-state index in [1.54, 1.807) is 11.0 Å². The zero-order valence-corrected chi connectivity index (χ0v) is 15.4. The molecular formula is C20H20ClFN2O2. The van der Waals surface area contributed by atoms with Gasteiger partial charge in [-0.3, -0.25) is 9.59 Å². The number of nitrogens with one attached hydrogen (secondary N) is 1. The molecular weight excluding hydrogens is 355 g/mol. The molecule has 1 N–H and O–H groups in total. The second-order valence-electron chi connectivity index (χ2n) is 6.64. The van der Waals surface area contributed by atoms with Crippen LogP contribution >= 0.6 is 11.6 Å². The predicted octanol–water partition coefficient (Wildman–Crippen LogP) is 4.67. The Kier molecular flexibility index (Phi) is 5.28. The monoisotopic (exact) mass is 374 g/mol. The number of halogens is 2. The molecule has 0 unspecified atom stereocenters. The average Bonchev–Trinajstić information content (AvgIpc) is 2.60. The van der Waals surface area contributed by atoms with Gasteiger partial charge < -0.3 is 10.2 Å². The number of nitrogens with zero attached hydrogens (tertiary/aromatic N) is 1. The van der Waals surface area contributed by atoms with Gasteiger partial charge in [-0.25, -0.2) is 4.39 Å². The van der Waals surface area contributed by atoms with Gasteiger partial charge in [-0.1, -0.05) is 31.5 Å². The number of benzene rings is 2. The first kappa shape index (κ1) is 18.4. The van der Waals surface area contributed by atoms with Crippen molar-refractivity contribution >= 4 is 34.8 Å². The smallest absolute Gasteiger partial charge is 0.260 e. The van der Waals surface area contributed by atoms with E-state index in [0.717, 1.165) is 24.1 Å². The number of hydrogen-bond acceptors (Lipinski definition) is 2. The number of rotatable bonds is 3. The minimum atomic E-state index is -0.665. The highest BCUT2D eigenvalue weighted by molar-refractivity contribution is 6.34. The maximum absolute atomic E-state index is 13.9. The molecule has 2 aromatic rings. The predicted molar refractivity (Wildman–Crippen MR) is 101 cm³/mol. The molecule has 1 aliphatic heterocycles. The molecule has 4 nitrogen and oxygen atoms in total. The molecule has 2 aromatic carbocycles. The van der Waals surface area contributed by atoms with Gasteiger partial charge in [0.1, 0.15) is 5.82 Å². The van der Waals surface area contributed by atoms with Crippen molar-refractivity contribution in [2.75, 3.05) is 16.8 Å². The van der Waals surface area contributed by atoms with Crippen molar-refractivity contribution in [1.82, 2.24) is 0 Å². The molecule has 0 spiro atoms. The Morgan fingerprint density at radius 2 is 2.00 bits per heavy atom. The van der Waals surface area contributed by atoms with E-state index >= 15 is 0 Å². The number of fused-ring (bicyclic) bond motifs is 1. The Bertz CT molecular complexity index is 847. The SMILES string of the molecule is CC(C)C(=O)N1CCCc2cc(NC(=O)c3c(F)cccc3Cl)ccc21. The molecule has 0 saturated heterocycles. The fraction of sp³-hybridized carbons (Fsp3) is 0.300. The van der Waals surface area contributed by atoms with Crippen LogP contribution in [-0.4, -0.2) is 18.4 Å². The third kappa shape index (κ3) is 3.58. The number of carbonyl (C=O) groups is 2. The van der Waals surface area contributed by atoms with Crippen LogP contribution in [0.25, 0.3) is 0 Å². The topological polar surface area (TPSA) is 49.4 Å². The van der Waals surface area contributed by atoms with Crippen LogP contribution in [0.15, 0.2) is 36.4 Å². The Morgan fingerprint density at radius 3 is 2.69 bits per heavy atom. The van der Waals surface area contributed by atoms with Crippen molar-refractivity contribution in [3.05, 3.63) is 58.4 Å². The summed E-state index contributed by atoms with van der Waals surface area (Å²) in [6, 6.07) is 9.50. The van der Waals surface area contributed by atoms with Crippen LogP contribution in [0.4, 0.5) is 15.8 Å². The minimum Gasteiger partial charge on any atom is -0.322 e. The van der Waals surface area contributed by atoms with Crippen molar-refractivity contribution in [1.29, 1.82) is 0 Å². The summed E-state index contributed by atoms with van der Waals surface area (Å²) in [6.07, 6.45) is 1.68. The van der Waals surface area contributed by atoms with Crippen molar-refractivity contribution in [3.63, 3.8) is 0 Å². The molecule has 26 heavy (non-hydrogen) atoms. The summed E-state index contributed by atoms with van der Waals surface area (Å²) < 4.78 is 13.9. The number of anilines is 2. The van der Waals surface area contributed by atoms with Crippen LogP contribution in [0.3, 0.4) is 0 Å². The highest BCUT2D eigenvalue weighted by Crippen LogP contribution is 2.31. The summed E-state index contributed by atoms with van der Waals surface area (Å²) in [7, 11) is 0. The van der Waals surface area contributed by atoms with Gasteiger partial charge in [0, 0.05) is 23.8 Å². The maximum Gasteiger partial charge on any atom is 0.260 e. The van der Waals surface area contributed by atoms with E-state index in [9.17, 15) is 14.0 Å². The molecule has 0 saturated carbocycles. The lowest BCUT2D eigenvalue weighted by atomic mass is 9.99. The molecule has 3 rings (SSSR count). The number of hydrogen-bond donors (Lipinski definition) is 1. The van der Waals surface area contributed by atoms with Crippen LogP contribution in [0, 0.1) is 11.7 Å². The van der Waals surface area contributed by atoms with Crippen molar-refractivity contribution in [3.8, 4) is 0 Å². The van der Waals surface area contributed by atoms with E-state index in [4.69, 9.17) is 11.6 Å². The van der Waals surface area contributed by atoms with E-state index in [1.165, 1.54) is 18.2 Å². The molecule has 136 valence electrons. The summed E-state index contributed by atoms with van der Waals surface area (Å²) in [6.45, 7) is 4.45. The fourth-order valence-corrected chi connectivity index (χ4v) is 3.37. The maximum atomic E-state index is 13.9. The van der Waals surface area contributed by atoms with Gasteiger partial charge in [0.25, 0.3) is 5.91 Å². The van der Waals surface area contributed by atoms with Crippen molar-refractivity contribution < 1.29 is 14.0 Å². The highest BCUT2D eigenvalue weighted by Gasteiger charge is 2.25. The summed E-state index contributed by atoms with van der Waals surface area (Å²) in [4.78, 5) is 26.6. The summed E-state index contributed by atoms with van der Waals surface area (Å²) in [5.74, 6) is -1.26. The third-order valence-corrected chi connectivity index (χ3v) is 4.72. The molecule has 0 aromatic heterocycles. The van der Waals surface area contributed by atoms with Gasteiger partial charge >= 0.3 is 0 Å². The van der Waals surface area contributed by atoms with Crippen LogP contribution < -0.4 is 10.2 Å². The van der Waals surface area contributed by atoms with Crippen LogP contribution in [0.1, 0.15) is 36.2 Å². The fourth-order valence-electron chi connectivity index (χ4n) is 3.12. The highest BCUT2D eigenvalue weighted by atomic mass is 35.5. The first-order chi connectivity index (χ1) is 12.4. The normalized spacial score (nSPS) is 13.5. The number of carbonyl (C=O) groups excluding carboxylic acids is 2. The quantitative estimate of drug-likeness (QED) is 0.848. The second-order valence-corrected chi connectivity index (χ2v) is 7.05. The minimum absolute atomic E-state index is 0.0640. The van der Waals surface area contributed by atoms with E-state index in [0.29, 0.717) is 12.2 Å². The summed E-state index contributed by atoms with van der Waals surface area (Å²) >= 11 is 5.94. The van der Waals surface area contributed by atoms with E-state index in [1.807, 2.05) is 26.0 Å². The molecule has 0 radical (unpaired) electrons. The third-order valence-electron chi connectivity index (χ3n) is 4.41. The van der Waals surface area contributed by atoms with Gasteiger partial charge in [0.05, 0.1) is 10.6 Å². The summed E-state index contributed by atoms with van der Waals surface area (Å²) in [5.41, 5.74) is 2.23. The van der Waals surface area contributed by atoms with E-state index in [2.05, 4.69) is 5.32 Å². The zero-order valence-electron chi connectivity index (χ0n) is 14.7. The molecule has 6 heteroatoms. The molecule has 1 heterocycles. The van der Waals surface area contributed by atoms with Gasteiger partial charge in [0.2, 0.25) is 5.91 Å². The van der Waals surface area contributed by atoms with Crippen molar-refractivity contribution in [2.24, 2.45) is 5.92 Å².